The van der Waals surface area contributed by atoms with Gasteiger partial charge in [0.15, 0.2) is 0 Å². The Morgan fingerprint density at radius 2 is 1.74 bits per heavy atom. The Morgan fingerprint density at radius 3 is 2.44 bits per heavy atom. The minimum absolute atomic E-state index is 0.0347. The fourth-order valence-corrected chi connectivity index (χ4v) is 6.27. The van der Waals surface area contributed by atoms with E-state index in [1.165, 1.54) is 17.0 Å². The number of hydrogen-bond acceptors (Lipinski definition) is 3. The van der Waals surface area contributed by atoms with E-state index in [0.29, 0.717) is 23.7 Å². The van der Waals surface area contributed by atoms with Crippen LogP contribution in [0.5, 0.6) is 0 Å². The summed E-state index contributed by atoms with van der Waals surface area (Å²) in [4.78, 5) is 43.8. The topological polar surface area (TPSA) is 57.7 Å². The Morgan fingerprint density at radius 1 is 1.03 bits per heavy atom. The van der Waals surface area contributed by atoms with Crippen molar-refractivity contribution in [3.05, 3.63) is 70.5 Å². The van der Waals surface area contributed by atoms with Gasteiger partial charge in [-0.15, -0.1) is 0 Å². The highest BCUT2D eigenvalue weighted by atomic mass is 35.5. The van der Waals surface area contributed by atoms with Crippen molar-refractivity contribution in [2.75, 3.05) is 13.1 Å². The Kier molecular flexibility index (Phi) is 6.19. The normalized spacial score (nSPS) is 25.5. The van der Waals surface area contributed by atoms with Gasteiger partial charge in [-0.3, -0.25) is 19.3 Å². The summed E-state index contributed by atoms with van der Waals surface area (Å²) < 4.78 is 13.3. The Bertz CT molecular complexity index is 1120. The zero-order valence-corrected chi connectivity index (χ0v) is 19.8. The highest BCUT2D eigenvalue weighted by Crippen LogP contribution is 2.45. The zero-order valence-electron chi connectivity index (χ0n) is 19.0. The molecule has 1 saturated carbocycles. The molecule has 7 heteroatoms. The molecule has 2 heterocycles. The molecule has 2 unspecified atom stereocenters. The molecule has 5 nitrogen and oxygen atoms in total. The molecule has 2 aromatic rings. The molecule has 2 aliphatic heterocycles. The highest BCUT2D eigenvalue weighted by molar-refractivity contribution is 6.32. The Balaban J connectivity index is 1.41. The second kappa shape index (κ2) is 9.14. The first kappa shape index (κ1) is 23.0. The molecule has 2 atom stereocenters. The number of carbonyl (C=O) groups is 3. The molecule has 2 saturated heterocycles. The van der Waals surface area contributed by atoms with Gasteiger partial charge in [-0.25, -0.2) is 4.39 Å². The van der Waals surface area contributed by atoms with Gasteiger partial charge in [0.2, 0.25) is 17.7 Å². The number of hydrogen-bond donors (Lipinski definition) is 0. The van der Waals surface area contributed by atoms with Crippen LogP contribution in [0.1, 0.15) is 62.0 Å². The van der Waals surface area contributed by atoms with Gasteiger partial charge in [-0.05, 0) is 48.6 Å². The van der Waals surface area contributed by atoms with Crippen LogP contribution in [-0.4, -0.2) is 46.7 Å². The van der Waals surface area contributed by atoms with E-state index in [9.17, 15) is 18.8 Å². The lowest BCUT2D eigenvalue weighted by Gasteiger charge is -2.31. The van der Waals surface area contributed by atoms with E-state index in [0.717, 1.165) is 37.7 Å². The summed E-state index contributed by atoms with van der Waals surface area (Å²) >= 11 is 6.54. The van der Waals surface area contributed by atoms with Crippen LogP contribution in [0, 0.1) is 5.82 Å². The second-order valence-corrected chi connectivity index (χ2v) is 10.2. The molecule has 0 spiro atoms. The molecule has 0 bridgehead atoms. The van der Waals surface area contributed by atoms with E-state index in [-0.39, 0.29) is 48.3 Å². The van der Waals surface area contributed by atoms with Gasteiger partial charge in [-0.1, -0.05) is 54.8 Å². The maximum Gasteiger partial charge on any atom is 0.241 e. The van der Waals surface area contributed by atoms with Crippen molar-refractivity contribution in [3.63, 3.8) is 0 Å². The first-order valence-corrected chi connectivity index (χ1v) is 12.4. The summed E-state index contributed by atoms with van der Waals surface area (Å²) in [5.41, 5.74) is 0.276. The van der Waals surface area contributed by atoms with Gasteiger partial charge in [0, 0.05) is 42.9 Å². The van der Waals surface area contributed by atoms with Gasteiger partial charge in [0.25, 0.3) is 0 Å². The number of nitrogens with zero attached hydrogens (tertiary/aromatic N) is 2. The summed E-state index contributed by atoms with van der Waals surface area (Å²) in [5, 5.41) is 0.398. The number of carbonyl (C=O) groups excluding carboxylic acids is 3. The van der Waals surface area contributed by atoms with E-state index >= 15 is 0 Å². The number of imide groups is 1. The zero-order chi connectivity index (χ0) is 23.9. The molecule has 2 aromatic carbocycles. The molecule has 3 amide bonds. The third kappa shape index (κ3) is 4.02. The summed E-state index contributed by atoms with van der Waals surface area (Å²) in [6.07, 6.45) is 4.28. The average Bonchev–Trinajstić information content (AvgIpc) is 3.56. The highest BCUT2D eigenvalue weighted by Gasteiger charge is 2.56. The Hall–Kier alpha value is -2.73. The minimum atomic E-state index is -1.27. The summed E-state index contributed by atoms with van der Waals surface area (Å²) in [5.74, 6) is -0.821. The minimum Gasteiger partial charge on any atom is -0.342 e. The SMILES string of the molecule is O=C(CC1(c2ccccc2Cl)CC(=O)N(C2CCCC2)C1=O)N1CCC(c2ccc(F)cc2)C1. The van der Waals surface area contributed by atoms with Crippen molar-refractivity contribution in [1.29, 1.82) is 0 Å². The van der Waals surface area contributed by atoms with Crippen LogP contribution in [0.15, 0.2) is 48.5 Å². The van der Waals surface area contributed by atoms with Crippen LogP contribution in [0.2, 0.25) is 5.02 Å². The van der Waals surface area contributed by atoms with Crippen LogP contribution < -0.4 is 0 Å². The monoisotopic (exact) mass is 482 g/mol. The first-order valence-electron chi connectivity index (χ1n) is 12.0. The maximum absolute atomic E-state index is 13.9. The van der Waals surface area contributed by atoms with Crippen molar-refractivity contribution >= 4 is 29.3 Å². The molecule has 5 rings (SSSR count). The predicted molar refractivity (Wildman–Crippen MR) is 127 cm³/mol. The quantitative estimate of drug-likeness (QED) is 0.574. The summed E-state index contributed by atoms with van der Waals surface area (Å²) in [6, 6.07) is 13.4. The second-order valence-electron chi connectivity index (χ2n) is 9.80. The molecule has 178 valence electrons. The first-order chi connectivity index (χ1) is 16.4. The lowest BCUT2D eigenvalue weighted by molar-refractivity contribution is -0.144. The third-order valence-corrected chi connectivity index (χ3v) is 8.09. The summed E-state index contributed by atoms with van der Waals surface area (Å²) in [6.45, 7) is 1.07. The largest absolute Gasteiger partial charge is 0.342 e. The molecule has 0 aromatic heterocycles. The Labute approximate surface area is 203 Å². The molecule has 3 aliphatic rings. The van der Waals surface area contributed by atoms with Gasteiger partial charge in [-0.2, -0.15) is 0 Å². The van der Waals surface area contributed by atoms with Crippen molar-refractivity contribution in [1.82, 2.24) is 9.80 Å². The molecular formula is C27H28ClFN2O3. The lowest BCUT2D eigenvalue weighted by Crippen LogP contribution is -2.45. The van der Waals surface area contributed by atoms with E-state index < -0.39 is 5.41 Å². The van der Waals surface area contributed by atoms with Crippen LogP contribution in [0.4, 0.5) is 4.39 Å². The standard InChI is InChI=1S/C27H28ClFN2O3/c28-23-8-4-3-7-22(23)27(16-25(33)31(26(27)34)21-5-1-2-6-21)15-24(32)30-14-13-19(17-30)18-9-11-20(29)12-10-18/h3-4,7-12,19,21H,1-2,5-6,13-17H2. The van der Waals surface area contributed by atoms with E-state index in [4.69, 9.17) is 11.6 Å². The number of halogens is 2. The number of rotatable bonds is 5. The van der Waals surface area contributed by atoms with Gasteiger partial charge >= 0.3 is 0 Å². The molecule has 1 aliphatic carbocycles. The van der Waals surface area contributed by atoms with Crippen molar-refractivity contribution < 1.29 is 18.8 Å². The van der Waals surface area contributed by atoms with Crippen molar-refractivity contribution in [3.8, 4) is 0 Å². The van der Waals surface area contributed by atoms with Gasteiger partial charge < -0.3 is 4.90 Å². The maximum atomic E-state index is 13.9. The number of amides is 3. The third-order valence-electron chi connectivity index (χ3n) is 7.76. The predicted octanol–water partition coefficient (Wildman–Crippen LogP) is 4.82. The van der Waals surface area contributed by atoms with Crippen molar-refractivity contribution in [2.24, 2.45) is 0 Å². The van der Waals surface area contributed by atoms with Crippen LogP contribution in [0.25, 0.3) is 0 Å². The molecule has 34 heavy (non-hydrogen) atoms. The van der Waals surface area contributed by atoms with Crippen LogP contribution >= 0.6 is 11.6 Å². The van der Waals surface area contributed by atoms with Crippen LogP contribution in [-0.2, 0) is 19.8 Å². The van der Waals surface area contributed by atoms with Crippen LogP contribution in [0.3, 0.4) is 0 Å². The molecule has 0 radical (unpaired) electrons. The van der Waals surface area contributed by atoms with E-state index in [1.807, 2.05) is 0 Å². The van der Waals surface area contributed by atoms with E-state index in [1.54, 1.807) is 41.3 Å². The fraction of sp³-hybridized carbons (Fsp3) is 0.444. The van der Waals surface area contributed by atoms with Gasteiger partial charge in [0.05, 0.1) is 5.41 Å². The average molecular weight is 483 g/mol. The molecular weight excluding hydrogens is 455 g/mol. The smallest absolute Gasteiger partial charge is 0.241 e. The van der Waals surface area contributed by atoms with Crippen molar-refractivity contribution in [2.45, 2.75) is 62.3 Å². The summed E-state index contributed by atoms with van der Waals surface area (Å²) in [7, 11) is 0. The molecule has 0 N–H and O–H groups in total. The lowest BCUT2D eigenvalue weighted by atomic mass is 9.75. The number of likely N-dealkylation sites (tertiary alicyclic amines) is 2. The van der Waals surface area contributed by atoms with E-state index in [2.05, 4.69) is 0 Å². The number of benzene rings is 2. The molecule has 3 fully saturated rings. The van der Waals surface area contributed by atoms with Gasteiger partial charge in [0.1, 0.15) is 5.82 Å². The fourth-order valence-electron chi connectivity index (χ4n) is 5.95.